The number of hydrogen-bond donors (Lipinski definition) is 1. The Bertz CT molecular complexity index is 646. The Morgan fingerprint density at radius 1 is 1.40 bits per heavy atom. The van der Waals surface area contributed by atoms with Gasteiger partial charge in [0, 0.05) is 11.8 Å². The molecule has 20 heavy (non-hydrogen) atoms. The van der Waals surface area contributed by atoms with Gasteiger partial charge in [-0.2, -0.15) is 9.78 Å². The molecule has 0 atom stereocenters. The third-order valence-electron chi connectivity index (χ3n) is 2.33. The topological polar surface area (TPSA) is 83.0 Å². The second-order valence-electron chi connectivity index (χ2n) is 5.23. The van der Waals surface area contributed by atoms with Crippen LogP contribution in [0.1, 0.15) is 20.8 Å². The van der Waals surface area contributed by atoms with Crippen LogP contribution >= 0.6 is 11.6 Å². The highest BCUT2D eigenvalue weighted by Gasteiger charge is 2.19. The zero-order valence-corrected chi connectivity index (χ0v) is 12.2. The Kier molecular flexibility index (Phi) is 3.67. The van der Waals surface area contributed by atoms with Gasteiger partial charge in [0.05, 0.1) is 17.6 Å². The van der Waals surface area contributed by atoms with Gasteiger partial charge in [-0.1, -0.05) is 11.6 Å². The van der Waals surface area contributed by atoms with E-state index in [0.717, 1.165) is 4.68 Å². The van der Waals surface area contributed by atoms with Crippen molar-refractivity contribution in [1.82, 2.24) is 14.8 Å². The predicted molar refractivity (Wildman–Crippen MR) is 76.5 cm³/mol. The molecule has 0 saturated heterocycles. The number of rotatable bonds is 1. The van der Waals surface area contributed by atoms with Crippen molar-refractivity contribution in [3.8, 4) is 11.3 Å². The number of anilines is 1. The van der Waals surface area contributed by atoms with Gasteiger partial charge in [-0.25, -0.2) is 9.78 Å². The number of pyridine rings is 1. The van der Waals surface area contributed by atoms with Crippen molar-refractivity contribution < 1.29 is 9.53 Å². The second kappa shape index (κ2) is 5.13. The Morgan fingerprint density at radius 3 is 2.75 bits per heavy atom. The molecule has 0 aliphatic heterocycles. The molecule has 2 N–H and O–H groups in total. The first-order chi connectivity index (χ1) is 9.26. The molecule has 2 rings (SSSR count). The number of ether oxygens (including phenoxy) is 1. The number of nitrogens with zero attached hydrogens (tertiary/aromatic N) is 3. The SMILES string of the molecule is CC(C)(C)OC(=O)n1cc(-c2nc(Cl)ccc2N)cn1. The lowest BCUT2D eigenvalue weighted by atomic mass is 10.2. The lowest BCUT2D eigenvalue weighted by Crippen LogP contribution is -2.27. The number of hydrogen-bond acceptors (Lipinski definition) is 5. The van der Waals surface area contributed by atoms with Gasteiger partial charge in [0.25, 0.3) is 0 Å². The van der Waals surface area contributed by atoms with E-state index in [4.69, 9.17) is 22.1 Å². The van der Waals surface area contributed by atoms with Crippen LogP contribution < -0.4 is 5.73 Å². The van der Waals surface area contributed by atoms with Crippen molar-refractivity contribution in [3.05, 3.63) is 29.7 Å². The van der Waals surface area contributed by atoms with Crippen LogP contribution in [-0.4, -0.2) is 26.5 Å². The molecule has 0 spiro atoms. The normalized spacial score (nSPS) is 11.4. The summed E-state index contributed by atoms with van der Waals surface area (Å²) in [4.78, 5) is 16.0. The smallest absolute Gasteiger partial charge is 0.435 e. The fourth-order valence-electron chi connectivity index (χ4n) is 1.53. The van der Waals surface area contributed by atoms with Crippen molar-refractivity contribution in [2.24, 2.45) is 0 Å². The standard InChI is InChI=1S/C13H15ClN4O2/c1-13(2,3)20-12(19)18-7-8(6-16-18)11-9(15)4-5-10(14)17-11/h4-7H,15H2,1-3H3. The maximum atomic E-state index is 11.9. The number of nitrogens with two attached hydrogens (primary N) is 1. The summed E-state index contributed by atoms with van der Waals surface area (Å²) in [7, 11) is 0. The van der Waals surface area contributed by atoms with E-state index in [0.29, 0.717) is 22.1 Å². The Labute approximate surface area is 121 Å². The van der Waals surface area contributed by atoms with Crippen LogP contribution in [0.3, 0.4) is 0 Å². The highest BCUT2D eigenvalue weighted by Crippen LogP contribution is 2.25. The summed E-state index contributed by atoms with van der Waals surface area (Å²) in [5.74, 6) is 0. The fourth-order valence-corrected chi connectivity index (χ4v) is 1.68. The van der Waals surface area contributed by atoms with Crippen LogP contribution in [0.4, 0.5) is 10.5 Å². The number of aromatic nitrogens is 3. The third-order valence-corrected chi connectivity index (χ3v) is 2.54. The molecule has 7 heteroatoms. The van der Waals surface area contributed by atoms with Gasteiger partial charge in [-0.3, -0.25) is 0 Å². The van der Waals surface area contributed by atoms with Crippen molar-refractivity contribution in [1.29, 1.82) is 0 Å². The Balaban J connectivity index is 2.29. The van der Waals surface area contributed by atoms with Crippen LogP contribution in [-0.2, 0) is 4.74 Å². The molecule has 0 saturated carbocycles. The molecule has 106 valence electrons. The first-order valence-corrected chi connectivity index (χ1v) is 6.34. The minimum absolute atomic E-state index is 0.319. The summed E-state index contributed by atoms with van der Waals surface area (Å²) in [6.07, 6.45) is 2.42. The van der Waals surface area contributed by atoms with Crippen molar-refractivity contribution in [2.75, 3.05) is 5.73 Å². The largest absolute Gasteiger partial charge is 0.442 e. The molecule has 0 radical (unpaired) electrons. The lowest BCUT2D eigenvalue weighted by Gasteiger charge is -2.18. The Hall–Kier alpha value is -2.08. The molecular formula is C13H15ClN4O2. The van der Waals surface area contributed by atoms with Crippen molar-refractivity contribution in [3.63, 3.8) is 0 Å². The number of nitrogen functional groups attached to an aromatic ring is 1. The minimum Gasteiger partial charge on any atom is -0.442 e. The molecule has 0 bridgehead atoms. The van der Waals surface area contributed by atoms with E-state index >= 15 is 0 Å². The van der Waals surface area contributed by atoms with Crippen LogP contribution in [0.5, 0.6) is 0 Å². The average molecular weight is 295 g/mol. The second-order valence-corrected chi connectivity index (χ2v) is 5.61. The van der Waals surface area contributed by atoms with Gasteiger partial charge < -0.3 is 10.5 Å². The van der Waals surface area contributed by atoms with E-state index in [1.807, 2.05) is 0 Å². The van der Waals surface area contributed by atoms with Crippen LogP contribution in [0, 0.1) is 0 Å². The third kappa shape index (κ3) is 3.27. The van der Waals surface area contributed by atoms with Gasteiger partial charge in [0.1, 0.15) is 10.8 Å². The summed E-state index contributed by atoms with van der Waals surface area (Å²) in [6, 6.07) is 3.24. The molecule has 2 aromatic rings. The quantitative estimate of drug-likeness (QED) is 0.818. The first-order valence-electron chi connectivity index (χ1n) is 5.97. The highest BCUT2D eigenvalue weighted by molar-refractivity contribution is 6.29. The molecule has 0 aliphatic rings. The summed E-state index contributed by atoms with van der Waals surface area (Å²) >= 11 is 5.84. The fraction of sp³-hybridized carbons (Fsp3) is 0.308. The van der Waals surface area contributed by atoms with Gasteiger partial charge in [-0.15, -0.1) is 0 Å². The molecule has 0 aromatic carbocycles. The van der Waals surface area contributed by atoms with Gasteiger partial charge in [0.2, 0.25) is 0 Å². The summed E-state index contributed by atoms with van der Waals surface area (Å²) < 4.78 is 6.31. The van der Waals surface area contributed by atoms with Crippen LogP contribution in [0.25, 0.3) is 11.3 Å². The molecular weight excluding hydrogens is 280 g/mol. The summed E-state index contributed by atoms with van der Waals surface area (Å²) in [5.41, 5.74) is 6.78. The molecule has 0 aliphatic carbocycles. The van der Waals surface area contributed by atoms with Gasteiger partial charge in [-0.05, 0) is 32.9 Å². The lowest BCUT2D eigenvalue weighted by molar-refractivity contribution is 0.0514. The maximum absolute atomic E-state index is 11.9. The number of carbonyl (C=O) groups is 1. The van der Waals surface area contributed by atoms with E-state index in [9.17, 15) is 4.79 Å². The number of halogens is 1. The van der Waals surface area contributed by atoms with E-state index in [1.165, 1.54) is 12.4 Å². The van der Waals surface area contributed by atoms with Gasteiger partial charge >= 0.3 is 6.09 Å². The van der Waals surface area contributed by atoms with E-state index in [-0.39, 0.29) is 0 Å². The van der Waals surface area contributed by atoms with E-state index in [1.54, 1.807) is 32.9 Å². The van der Waals surface area contributed by atoms with Crippen molar-refractivity contribution >= 4 is 23.4 Å². The number of carbonyl (C=O) groups excluding carboxylic acids is 1. The monoisotopic (exact) mass is 294 g/mol. The maximum Gasteiger partial charge on any atom is 0.435 e. The Morgan fingerprint density at radius 2 is 2.10 bits per heavy atom. The summed E-state index contributed by atoms with van der Waals surface area (Å²) in [6.45, 7) is 5.35. The van der Waals surface area contributed by atoms with E-state index < -0.39 is 11.7 Å². The average Bonchev–Trinajstić information content (AvgIpc) is 2.79. The molecule has 0 unspecified atom stereocenters. The van der Waals surface area contributed by atoms with Gasteiger partial charge in [0.15, 0.2) is 0 Å². The molecule has 2 heterocycles. The molecule has 6 nitrogen and oxygen atoms in total. The summed E-state index contributed by atoms with van der Waals surface area (Å²) in [5, 5.41) is 4.27. The zero-order valence-electron chi connectivity index (χ0n) is 11.4. The predicted octanol–water partition coefficient (Wildman–Crippen LogP) is 2.96. The van der Waals surface area contributed by atoms with E-state index in [2.05, 4.69) is 10.1 Å². The van der Waals surface area contributed by atoms with Crippen LogP contribution in [0.15, 0.2) is 24.5 Å². The van der Waals surface area contributed by atoms with Crippen LogP contribution in [0.2, 0.25) is 5.15 Å². The minimum atomic E-state index is -0.587. The first kappa shape index (κ1) is 14.3. The molecule has 0 fully saturated rings. The zero-order chi connectivity index (χ0) is 14.9. The molecule has 0 amide bonds. The van der Waals surface area contributed by atoms with Crippen molar-refractivity contribution in [2.45, 2.75) is 26.4 Å². The molecule has 2 aromatic heterocycles. The highest BCUT2D eigenvalue weighted by atomic mass is 35.5.